The Hall–Kier alpha value is -7.32. The zero-order valence-corrected chi connectivity index (χ0v) is 31.2. The maximum atomic E-state index is 13.1. The lowest BCUT2D eigenvalue weighted by Crippen LogP contribution is -2.66. The van der Waals surface area contributed by atoms with Crippen LogP contribution in [0, 0.1) is 0 Å². The number of likely N-dealkylation sites (tertiary alicyclic amines) is 1. The van der Waals surface area contributed by atoms with Crippen LogP contribution in [-0.2, 0) is 29.5 Å². The molecule has 1 saturated heterocycles. The molecule has 0 aromatic heterocycles. The molecule has 1 fully saturated rings. The second-order valence-corrected chi connectivity index (χ2v) is 13.4. The number of oxime groups is 1. The van der Waals surface area contributed by atoms with Gasteiger partial charge >= 0.3 is 17.9 Å². The van der Waals surface area contributed by atoms with Crippen molar-refractivity contribution >= 4 is 35.4 Å². The highest BCUT2D eigenvalue weighted by atomic mass is 16.5. The van der Waals surface area contributed by atoms with Gasteiger partial charge in [-0.15, -0.1) is 0 Å². The van der Waals surface area contributed by atoms with E-state index in [1.807, 2.05) is 91.0 Å². The molecule has 14 nitrogen and oxygen atoms in total. The van der Waals surface area contributed by atoms with E-state index in [-0.39, 0.29) is 36.4 Å². The Labute approximate surface area is 333 Å². The summed E-state index contributed by atoms with van der Waals surface area (Å²) in [5.74, 6) is -3.87. The highest BCUT2D eigenvalue weighted by molar-refractivity contribution is 6.45. The average molecular weight is 785 g/mol. The number of rotatable bonds is 17. The van der Waals surface area contributed by atoms with Crippen molar-refractivity contribution < 1.29 is 48.9 Å². The largest absolute Gasteiger partial charge is 0.494 e. The van der Waals surface area contributed by atoms with E-state index in [2.05, 4.69) is 15.8 Å². The standard InChI is InChI=1S/C44H40N4O10/c1-28(49)58-35-23-19-30(20-24-35)39(43(54)55)48-27-37(41(48)51)45-40(50)38(47-56)29-17-21-34(22-18-29)57-26-25-36(42(52)53)46-44(31-11-5-2-6-12-31,32-13-7-3-8-14-32)33-15-9-4-10-16-33/h2-24,36-37,39,46,56H,25-27H2,1H3,(H,45,50)(H,52,53)(H,54,55). The van der Waals surface area contributed by atoms with Crippen molar-refractivity contribution in [3.8, 4) is 11.5 Å². The van der Waals surface area contributed by atoms with Crippen LogP contribution in [0.4, 0.5) is 0 Å². The minimum absolute atomic E-state index is 0.00710. The topological polar surface area (TPSA) is 204 Å². The first-order chi connectivity index (χ1) is 28.0. The lowest BCUT2D eigenvalue weighted by molar-refractivity contribution is -0.160. The number of aliphatic carboxylic acids is 2. The third-order valence-corrected chi connectivity index (χ3v) is 9.70. The Morgan fingerprint density at radius 3 is 1.72 bits per heavy atom. The number of nitrogens with one attached hydrogen (secondary N) is 2. The molecule has 0 aliphatic carbocycles. The zero-order chi connectivity index (χ0) is 41.2. The molecule has 1 aliphatic rings. The molecule has 296 valence electrons. The normalized spacial score (nSPS) is 15.1. The van der Waals surface area contributed by atoms with Crippen LogP contribution < -0.4 is 20.1 Å². The van der Waals surface area contributed by atoms with Gasteiger partial charge in [0.25, 0.3) is 5.91 Å². The lowest BCUT2D eigenvalue weighted by atomic mass is 9.76. The van der Waals surface area contributed by atoms with E-state index in [1.165, 1.54) is 55.5 Å². The van der Waals surface area contributed by atoms with Crippen LogP contribution in [0.5, 0.6) is 11.5 Å². The van der Waals surface area contributed by atoms with Gasteiger partial charge in [-0.2, -0.15) is 0 Å². The number of hydrogen-bond donors (Lipinski definition) is 5. The number of carboxylic acids is 2. The van der Waals surface area contributed by atoms with Crippen molar-refractivity contribution in [2.24, 2.45) is 5.16 Å². The minimum atomic E-state index is -1.36. The molecular weight excluding hydrogens is 745 g/mol. The quantitative estimate of drug-likeness (QED) is 0.0166. The number of hydrogen-bond acceptors (Lipinski definition) is 10. The number of carbonyl (C=O) groups excluding carboxylic acids is 3. The number of esters is 1. The van der Waals surface area contributed by atoms with Gasteiger partial charge in [-0.3, -0.25) is 24.5 Å². The number of benzene rings is 5. The fourth-order valence-electron chi connectivity index (χ4n) is 6.93. The summed E-state index contributed by atoms with van der Waals surface area (Å²) >= 11 is 0. The number of amides is 2. The van der Waals surface area contributed by atoms with E-state index >= 15 is 0 Å². The van der Waals surface area contributed by atoms with Crippen molar-refractivity contribution in [1.82, 2.24) is 15.5 Å². The van der Waals surface area contributed by atoms with Crippen LogP contribution in [0.25, 0.3) is 0 Å². The first-order valence-corrected chi connectivity index (χ1v) is 18.3. The molecule has 14 heteroatoms. The molecule has 0 spiro atoms. The van der Waals surface area contributed by atoms with Crippen molar-refractivity contribution in [1.29, 1.82) is 0 Å². The molecule has 0 radical (unpaired) electrons. The number of ether oxygens (including phenoxy) is 2. The third-order valence-electron chi connectivity index (χ3n) is 9.70. The molecule has 2 amide bonds. The fourth-order valence-corrected chi connectivity index (χ4v) is 6.93. The molecular formula is C44H40N4O10. The predicted octanol–water partition coefficient (Wildman–Crippen LogP) is 4.75. The van der Waals surface area contributed by atoms with Gasteiger partial charge in [0.1, 0.15) is 23.6 Å². The molecule has 3 atom stereocenters. The van der Waals surface area contributed by atoms with E-state index in [4.69, 9.17) is 9.47 Å². The van der Waals surface area contributed by atoms with E-state index in [9.17, 15) is 39.4 Å². The summed E-state index contributed by atoms with van der Waals surface area (Å²) in [6, 6.07) is 37.1. The summed E-state index contributed by atoms with van der Waals surface area (Å²) in [7, 11) is 0. The summed E-state index contributed by atoms with van der Waals surface area (Å²) in [6.45, 7) is 1.11. The molecule has 5 aromatic rings. The minimum Gasteiger partial charge on any atom is -0.494 e. The molecule has 5 aromatic carbocycles. The van der Waals surface area contributed by atoms with Crippen LogP contribution in [0.3, 0.4) is 0 Å². The number of nitrogens with zero attached hydrogens (tertiary/aromatic N) is 2. The summed E-state index contributed by atoms with van der Waals surface area (Å²) < 4.78 is 10.9. The van der Waals surface area contributed by atoms with Crippen molar-refractivity contribution in [3.05, 3.63) is 167 Å². The second-order valence-electron chi connectivity index (χ2n) is 13.4. The van der Waals surface area contributed by atoms with Crippen LogP contribution in [0.15, 0.2) is 145 Å². The van der Waals surface area contributed by atoms with Gasteiger partial charge in [0.05, 0.1) is 18.7 Å². The SMILES string of the molecule is CC(=O)Oc1ccc(C(C(=O)O)N2CC(NC(=O)C(=NO)c3ccc(OCCC(NC(c4ccccc4)(c4ccccc4)c4ccccc4)C(=O)O)cc3)C2=O)cc1. The summed E-state index contributed by atoms with van der Waals surface area (Å²) in [5, 5.41) is 39.2. The Morgan fingerprint density at radius 2 is 1.28 bits per heavy atom. The Kier molecular flexibility index (Phi) is 12.6. The highest BCUT2D eigenvalue weighted by Gasteiger charge is 2.45. The first-order valence-electron chi connectivity index (χ1n) is 18.3. The molecule has 1 heterocycles. The van der Waals surface area contributed by atoms with Gasteiger partial charge in [-0.05, 0) is 58.7 Å². The molecule has 0 saturated carbocycles. The van der Waals surface area contributed by atoms with Gasteiger partial charge in [0, 0.05) is 18.9 Å². The maximum Gasteiger partial charge on any atom is 0.331 e. The fraction of sp³-hybridized carbons (Fsp3) is 0.182. The van der Waals surface area contributed by atoms with Crippen LogP contribution >= 0.6 is 0 Å². The van der Waals surface area contributed by atoms with E-state index < -0.39 is 59.1 Å². The lowest BCUT2D eigenvalue weighted by Gasteiger charge is -2.42. The van der Waals surface area contributed by atoms with Crippen molar-refractivity contribution in [2.75, 3.05) is 13.2 Å². The second kappa shape index (κ2) is 18.1. The van der Waals surface area contributed by atoms with Crippen LogP contribution in [-0.4, -0.2) is 81.0 Å². The first kappa shape index (κ1) is 40.3. The van der Waals surface area contributed by atoms with Crippen molar-refractivity contribution in [2.45, 2.75) is 37.0 Å². The van der Waals surface area contributed by atoms with Gasteiger partial charge in [-0.25, -0.2) is 4.79 Å². The number of carbonyl (C=O) groups is 5. The van der Waals surface area contributed by atoms with Gasteiger partial charge in [0.2, 0.25) is 5.91 Å². The number of carboxylic acid groups (broad SMARTS) is 2. The predicted molar refractivity (Wildman–Crippen MR) is 210 cm³/mol. The third kappa shape index (κ3) is 8.87. The molecule has 3 unspecified atom stereocenters. The molecule has 58 heavy (non-hydrogen) atoms. The molecule has 5 N–H and O–H groups in total. The summed E-state index contributed by atoms with van der Waals surface area (Å²) in [4.78, 5) is 63.3. The average Bonchev–Trinajstić information content (AvgIpc) is 3.23. The van der Waals surface area contributed by atoms with Crippen molar-refractivity contribution in [3.63, 3.8) is 0 Å². The highest BCUT2D eigenvalue weighted by Crippen LogP contribution is 2.37. The zero-order valence-electron chi connectivity index (χ0n) is 31.2. The Morgan fingerprint density at radius 1 is 0.759 bits per heavy atom. The van der Waals surface area contributed by atoms with Crippen LogP contribution in [0.2, 0.25) is 0 Å². The molecule has 0 bridgehead atoms. The molecule has 6 rings (SSSR count). The van der Waals surface area contributed by atoms with E-state index in [0.29, 0.717) is 5.75 Å². The summed E-state index contributed by atoms with van der Waals surface area (Å²) in [6.07, 6.45) is 0.0752. The van der Waals surface area contributed by atoms with Gasteiger partial charge in [-0.1, -0.05) is 108 Å². The maximum absolute atomic E-state index is 13.1. The van der Waals surface area contributed by atoms with E-state index in [0.717, 1.165) is 21.6 Å². The number of β-lactam (4-membered cyclic amide) rings is 1. The molecule has 1 aliphatic heterocycles. The van der Waals surface area contributed by atoms with Crippen LogP contribution in [0.1, 0.15) is 47.2 Å². The Bertz CT molecular complexity index is 2170. The summed E-state index contributed by atoms with van der Waals surface area (Å²) in [5.41, 5.74) is 1.60. The van der Waals surface area contributed by atoms with Gasteiger partial charge in [0.15, 0.2) is 11.8 Å². The van der Waals surface area contributed by atoms with E-state index in [1.54, 1.807) is 0 Å². The Balaban J connectivity index is 1.09. The monoisotopic (exact) mass is 784 g/mol. The smallest absolute Gasteiger partial charge is 0.331 e. The van der Waals surface area contributed by atoms with Gasteiger partial charge < -0.3 is 35.1 Å².